The Hall–Kier alpha value is -3.53. The van der Waals surface area contributed by atoms with Gasteiger partial charge in [0.05, 0.1) is 31.6 Å². The fourth-order valence-corrected chi connectivity index (χ4v) is 9.92. The van der Waals surface area contributed by atoms with Crippen molar-refractivity contribution >= 4 is 23.3 Å². The van der Waals surface area contributed by atoms with Crippen molar-refractivity contribution in [2.24, 2.45) is 17.8 Å². The van der Waals surface area contributed by atoms with E-state index in [2.05, 4.69) is 55.0 Å². The standard InChI is InChI=1S/C43H56ClN3O6/c1-5-47(6-2)23-29-25-52-37-20-30-19-31(18-27(3)24-51-36-12-17-45-40-35(48)11-10-28(4)39(36)40)42(34(30)22-38(37)53-26-29)13-15-43(16-14-42,41(49)50)46-33-9-7-8-32(44)21-33/h7-9,12,17,20-22,27-29,31,35,46,48H,5-6,10-11,13-16,18-19,23-26H2,1-4H3,(H,49,50)/t27-,28+,29?,31+,35-,42?,43?/m1/s1. The van der Waals surface area contributed by atoms with E-state index in [1.54, 1.807) is 18.3 Å². The van der Waals surface area contributed by atoms with E-state index in [-0.39, 0.29) is 23.2 Å². The van der Waals surface area contributed by atoms with Crippen LogP contribution in [-0.4, -0.2) is 71.1 Å². The molecular formula is C43H56ClN3O6. The number of carboxylic acids is 1. The van der Waals surface area contributed by atoms with Gasteiger partial charge in [-0.1, -0.05) is 45.4 Å². The molecule has 53 heavy (non-hydrogen) atoms. The first kappa shape index (κ1) is 37.8. The molecule has 1 saturated carbocycles. The quantitative estimate of drug-likeness (QED) is 0.168. The Labute approximate surface area is 319 Å². The summed E-state index contributed by atoms with van der Waals surface area (Å²) in [5.41, 5.74) is 3.77. The lowest BCUT2D eigenvalue weighted by Gasteiger charge is -2.47. The number of pyridine rings is 1. The smallest absolute Gasteiger partial charge is 0.329 e. The molecule has 3 aromatic rings. The van der Waals surface area contributed by atoms with Crippen LogP contribution in [0.25, 0.3) is 0 Å². The zero-order valence-electron chi connectivity index (χ0n) is 31.7. The maximum absolute atomic E-state index is 13.0. The average molecular weight is 746 g/mol. The molecule has 2 aromatic carbocycles. The van der Waals surface area contributed by atoms with Gasteiger partial charge in [0, 0.05) is 34.9 Å². The second kappa shape index (κ2) is 15.7. The number of carbonyl (C=O) groups is 1. The van der Waals surface area contributed by atoms with Gasteiger partial charge in [0.2, 0.25) is 0 Å². The van der Waals surface area contributed by atoms with E-state index in [9.17, 15) is 15.0 Å². The minimum absolute atomic E-state index is 0.210. The van der Waals surface area contributed by atoms with Crippen LogP contribution in [0.3, 0.4) is 0 Å². The SMILES string of the molecule is CCN(CC)CC1COc2cc3c(cc2OC1)C1(CCC(Nc2cccc(Cl)c2)(C(=O)O)CC1)[C@@H](C[C@@H](C)COc1ccnc2c1[C@@H](C)CC[C@H]2O)C3. The van der Waals surface area contributed by atoms with Crippen molar-refractivity contribution < 1.29 is 29.2 Å². The molecular weight excluding hydrogens is 690 g/mol. The van der Waals surface area contributed by atoms with Crippen molar-refractivity contribution in [2.45, 2.75) is 102 Å². The Balaban J connectivity index is 1.14. The molecule has 9 nitrogen and oxygen atoms in total. The molecule has 10 heteroatoms. The van der Waals surface area contributed by atoms with Gasteiger partial charge in [-0.25, -0.2) is 4.79 Å². The first-order valence-electron chi connectivity index (χ1n) is 19.8. The van der Waals surface area contributed by atoms with E-state index in [4.69, 9.17) is 25.8 Å². The van der Waals surface area contributed by atoms with Crippen LogP contribution in [0.2, 0.25) is 5.02 Å². The summed E-state index contributed by atoms with van der Waals surface area (Å²) in [5, 5.41) is 25.3. The second-order valence-corrected chi connectivity index (χ2v) is 16.7. The van der Waals surface area contributed by atoms with Crippen LogP contribution in [0.4, 0.5) is 5.69 Å². The molecule has 0 radical (unpaired) electrons. The summed E-state index contributed by atoms with van der Waals surface area (Å²) in [4.78, 5) is 20.0. The molecule has 0 bridgehead atoms. The highest BCUT2D eigenvalue weighted by molar-refractivity contribution is 6.30. The normalized spacial score (nSPS) is 28.2. The van der Waals surface area contributed by atoms with Crippen molar-refractivity contribution in [2.75, 3.05) is 44.8 Å². The molecule has 1 fully saturated rings. The number of aliphatic hydroxyl groups is 1. The van der Waals surface area contributed by atoms with E-state index in [1.165, 1.54) is 11.1 Å². The summed E-state index contributed by atoms with van der Waals surface area (Å²) in [6, 6.07) is 13.7. The number of nitrogens with one attached hydrogen (secondary N) is 1. The summed E-state index contributed by atoms with van der Waals surface area (Å²) >= 11 is 6.30. The molecule has 1 unspecified atom stereocenters. The van der Waals surface area contributed by atoms with Crippen molar-refractivity contribution in [3.63, 3.8) is 0 Å². The third-order valence-corrected chi connectivity index (χ3v) is 13.0. The molecule has 3 aliphatic carbocycles. The van der Waals surface area contributed by atoms with Gasteiger partial charge in [-0.15, -0.1) is 0 Å². The van der Waals surface area contributed by atoms with Crippen LogP contribution < -0.4 is 19.5 Å². The van der Waals surface area contributed by atoms with Gasteiger partial charge >= 0.3 is 5.97 Å². The molecule has 1 aromatic heterocycles. The minimum Gasteiger partial charge on any atom is -0.493 e. The summed E-state index contributed by atoms with van der Waals surface area (Å²) in [6.07, 6.45) is 7.09. The van der Waals surface area contributed by atoms with Gasteiger partial charge in [0.25, 0.3) is 0 Å². The number of hydrogen-bond acceptors (Lipinski definition) is 8. The number of aliphatic hydroxyl groups excluding tert-OH is 1. The predicted octanol–water partition coefficient (Wildman–Crippen LogP) is 8.42. The third-order valence-electron chi connectivity index (χ3n) is 12.8. The number of ether oxygens (including phenoxy) is 3. The Kier molecular flexibility index (Phi) is 11.2. The van der Waals surface area contributed by atoms with Crippen LogP contribution in [0.1, 0.15) is 107 Å². The van der Waals surface area contributed by atoms with Crippen molar-refractivity contribution in [1.29, 1.82) is 0 Å². The number of halogens is 1. The van der Waals surface area contributed by atoms with Gasteiger partial charge in [0.15, 0.2) is 11.5 Å². The van der Waals surface area contributed by atoms with Gasteiger partial charge in [-0.3, -0.25) is 4.98 Å². The van der Waals surface area contributed by atoms with E-state index in [1.807, 2.05) is 18.2 Å². The van der Waals surface area contributed by atoms with Crippen molar-refractivity contribution in [1.82, 2.24) is 9.88 Å². The third kappa shape index (κ3) is 7.59. The first-order chi connectivity index (χ1) is 25.5. The van der Waals surface area contributed by atoms with Crippen molar-refractivity contribution in [3.8, 4) is 17.2 Å². The van der Waals surface area contributed by atoms with Gasteiger partial charge in [-0.05, 0) is 135 Å². The fourth-order valence-electron chi connectivity index (χ4n) is 9.73. The molecule has 7 rings (SSSR count). The first-order valence-corrected chi connectivity index (χ1v) is 20.1. The molecule has 1 spiro atoms. The average Bonchev–Trinajstić information content (AvgIpc) is 3.28. The highest BCUT2D eigenvalue weighted by Gasteiger charge is 2.54. The number of aliphatic carboxylic acids is 1. The zero-order valence-corrected chi connectivity index (χ0v) is 32.5. The van der Waals surface area contributed by atoms with Gasteiger partial charge in [-0.2, -0.15) is 0 Å². The monoisotopic (exact) mass is 745 g/mol. The van der Waals surface area contributed by atoms with E-state index in [0.29, 0.717) is 43.6 Å². The zero-order chi connectivity index (χ0) is 37.3. The van der Waals surface area contributed by atoms with Crippen LogP contribution in [-0.2, 0) is 16.6 Å². The minimum atomic E-state index is -1.09. The largest absolute Gasteiger partial charge is 0.493 e. The number of carboxylic acid groups (broad SMARTS) is 1. The second-order valence-electron chi connectivity index (χ2n) is 16.3. The molecule has 4 aliphatic rings. The van der Waals surface area contributed by atoms with Crippen LogP contribution in [0.15, 0.2) is 48.7 Å². The number of aromatic nitrogens is 1. The Morgan fingerprint density at radius 2 is 1.81 bits per heavy atom. The van der Waals surface area contributed by atoms with E-state index in [0.717, 1.165) is 92.4 Å². The number of benzene rings is 2. The number of fused-ring (bicyclic) bond motifs is 4. The molecule has 3 N–H and O–H groups in total. The van der Waals surface area contributed by atoms with Gasteiger partial charge in [0.1, 0.15) is 11.3 Å². The molecule has 1 aliphatic heterocycles. The van der Waals surface area contributed by atoms with Crippen molar-refractivity contribution in [3.05, 3.63) is 76.1 Å². The fraction of sp³-hybridized carbons (Fsp3) is 0.581. The predicted molar refractivity (Wildman–Crippen MR) is 208 cm³/mol. The highest BCUT2D eigenvalue weighted by Crippen LogP contribution is 2.58. The number of hydrogen-bond donors (Lipinski definition) is 3. The lowest BCUT2D eigenvalue weighted by atomic mass is 9.59. The summed E-state index contributed by atoms with van der Waals surface area (Å²) in [5.74, 6) is 2.70. The molecule has 0 saturated heterocycles. The highest BCUT2D eigenvalue weighted by atomic mass is 35.5. The molecule has 2 heterocycles. The molecule has 0 amide bonds. The summed E-state index contributed by atoms with van der Waals surface area (Å²) in [6.45, 7) is 13.5. The Bertz CT molecular complexity index is 1770. The van der Waals surface area contributed by atoms with Crippen LogP contribution in [0.5, 0.6) is 17.2 Å². The molecule has 286 valence electrons. The number of rotatable bonds is 12. The topological polar surface area (TPSA) is 113 Å². The van der Waals surface area contributed by atoms with E-state index >= 15 is 0 Å². The number of nitrogens with zero attached hydrogens (tertiary/aromatic N) is 2. The van der Waals surface area contributed by atoms with Gasteiger partial charge < -0.3 is 34.6 Å². The van der Waals surface area contributed by atoms with E-state index < -0.39 is 17.6 Å². The Morgan fingerprint density at radius 1 is 1.08 bits per heavy atom. The summed E-state index contributed by atoms with van der Waals surface area (Å²) in [7, 11) is 0. The maximum atomic E-state index is 13.0. The maximum Gasteiger partial charge on any atom is 0.329 e. The Morgan fingerprint density at radius 3 is 2.51 bits per heavy atom. The summed E-state index contributed by atoms with van der Waals surface area (Å²) < 4.78 is 19.5. The lowest BCUT2D eigenvalue weighted by Crippen LogP contribution is -2.53. The number of anilines is 1. The lowest BCUT2D eigenvalue weighted by molar-refractivity contribution is -0.144. The van der Waals surface area contributed by atoms with Crippen LogP contribution in [0, 0.1) is 17.8 Å². The van der Waals surface area contributed by atoms with Crippen LogP contribution >= 0.6 is 11.6 Å². The molecule has 5 atom stereocenters.